The molecule has 1 nitrogen and oxygen atoms in total. The highest BCUT2D eigenvalue weighted by molar-refractivity contribution is 5.36. The summed E-state index contributed by atoms with van der Waals surface area (Å²) in [4.78, 5) is 0. The van der Waals surface area contributed by atoms with Crippen LogP contribution in [0, 0.1) is 12.8 Å². The van der Waals surface area contributed by atoms with Crippen LogP contribution in [-0.2, 0) is 0 Å². The summed E-state index contributed by atoms with van der Waals surface area (Å²) in [6, 6.07) is 6.07. The largest absolute Gasteiger partial charge is 0.508 e. The van der Waals surface area contributed by atoms with E-state index < -0.39 is 0 Å². The van der Waals surface area contributed by atoms with Crippen LogP contribution in [0.25, 0.3) is 0 Å². The number of aryl methyl sites for hydroxylation is 1. The summed E-state index contributed by atoms with van der Waals surface area (Å²) in [5.41, 5.74) is 2.42. The van der Waals surface area contributed by atoms with E-state index in [0.29, 0.717) is 5.75 Å². The predicted octanol–water partition coefficient (Wildman–Crippen LogP) is 3.99. The minimum atomic E-state index is 0.419. The van der Waals surface area contributed by atoms with Crippen LogP contribution in [0.5, 0.6) is 5.75 Å². The average Bonchev–Trinajstić information content (AvgIpc) is 2.23. The smallest absolute Gasteiger partial charge is 0.118 e. The van der Waals surface area contributed by atoms with Gasteiger partial charge >= 0.3 is 0 Å². The summed E-state index contributed by atoms with van der Waals surface area (Å²) in [7, 11) is 0. The molecule has 82 valence electrons. The fraction of sp³-hybridized carbons (Fsp3) is 0.571. The molecule has 0 atom stereocenters. The Morgan fingerprint density at radius 3 is 2.40 bits per heavy atom. The van der Waals surface area contributed by atoms with Crippen molar-refractivity contribution in [1.82, 2.24) is 0 Å². The lowest BCUT2D eigenvalue weighted by Gasteiger charge is -2.26. The van der Waals surface area contributed by atoms with E-state index >= 15 is 0 Å². The Hall–Kier alpha value is -0.980. The van der Waals surface area contributed by atoms with Gasteiger partial charge in [0.25, 0.3) is 0 Å². The average molecular weight is 204 g/mol. The standard InChI is InChI=1S/C14H20O/c1-10-3-5-12(6-4-10)13-7-8-14(15)11(2)9-13/h7-10,12,15H,3-6H2,1-2H3. The third-order valence-electron chi connectivity index (χ3n) is 3.71. The number of benzene rings is 1. The van der Waals surface area contributed by atoms with Gasteiger partial charge in [-0.1, -0.05) is 31.9 Å². The summed E-state index contributed by atoms with van der Waals surface area (Å²) in [5, 5.41) is 9.48. The maximum Gasteiger partial charge on any atom is 0.118 e. The monoisotopic (exact) mass is 204 g/mol. The van der Waals surface area contributed by atoms with Crippen molar-refractivity contribution in [3.8, 4) is 5.75 Å². The molecule has 1 fully saturated rings. The van der Waals surface area contributed by atoms with Crippen LogP contribution in [0.1, 0.15) is 49.7 Å². The molecule has 0 radical (unpaired) electrons. The minimum Gasteiger partial charge on any atom is -0.508 e. The summed E-state index contributed by atoms with van der Waals surface area (Å²) in [6.07, 6.45) is 5.33. The third-order valence-corrected chi connectivity index (χ3v) is 3.71. The molecule has 1 aromatic carbocycles. The van der Waals surface area contributed by atoms with Gasteiger partial charge in [0.05, 0.1) is 0 Å². The Labute approximate surface area is 92.1 Å². The SMILES string of the molecule is Cc1cc(C2CCC(C)CC2)ccc1O. The first-order valence-corrected chi connectivity index (χ1v) is 5.96. The maximum atomic E-state index is 9.48. The number of hydrogen-bond donors (Lipinski definition) is 1. The van der Waals surface area contributed by atoms with Crippen molar-refractivity contribution in [2.45, 2.75) is 45.4 Å². The van der Waals surface area contributed by atoms with Crippen molar-refractivity contribution in [3.05, 3.63) is 29.3 Å². The number of phenolic OH excluding ortho intramolecular Hbond substituents is 1. The molecule has 1 aliphatic rings. The molecular formula is C14H20O. The van der Waals surface area contributed by atoms with Gasteiger partial charge < -0.3 is 5.11 Å². The quantitative estimate of drug-likeness (QED) is 0.733. The lowest BCUT2D eigenvalue weighted by Crippen LogP contribution is -2.10. The van der Waals surface area contributed by atoms with Crippen molar-refractivity contribution in [3.63, 3.8) is 0 Å². The molecule has 2 rings (SSSR count). The van der Waals surface area contributed by atoms with Gasteiger partial charge in [0.1, 0.15) is 5.75 Å². The number of aromatic hydroxyl groups is 1. The third kappa shape index (κ3) is 2.34. The second kappa shape index (κ2) is 4.26. The van der Waals surface area contributed by atoms with E-state index in [4.69, 9.17) is 0 Å². The van der Waals surface area contributed by atoms with E-state index in [1.54, 1.807) is 0 Å². The molecule has 0 aromatic heterocycles. The molecule has 1 heteroatoms. The highest BCUT2D eigenvalue weighted by Gasteiger charge is 2.19. The normalized spacial score (nSPS) is 26.5. The topological polar surface area (TPSA) is 20.2 Å². The van der Waals surface area contributed by atoms with Crippen LogP contribution in [0.3, 0.4) is 0 Å². The molecule has 1 saturated carbocycles. The van der Waals surface area contributed by atoms with Crippen LogP contribution in [0.15, 0.2) is 18.2 Å². The molecule has 1 N–H and O–H groups in total. The summed E-state index contributed by atoms with van der Waals surface area (Å²) < 4.78 is 0. The van der Waals surface area contributed by atoms with Gasteiger partial charge in [-0.05, 0) is 48.8 Å². The first-order valence-electron chi connectivity index (χ1n) is 5.96. The Morgan fingerprint density at radius 1 is 1.13 bits per heavy atom. The number of phenols is 1. The lowest BCUT2D eigenvalue weighted by molar-refractivity contribution is 0.347. The minimum absolute atomic E-state index is 0.419. The highest BCUT2D eigenvalue weighted by Crippen LogP contribution is 2.36. The van der Waals surface area contributed by atoms with Gasteiger partial charge in [0, 0.05) is 0 Å². The van der Waals surface area contributed by atoms with Gasteiger partial charge in [-0.2, -0.15) is 0 Å². The second-order valence-electron chi connectivity index (χ2n) is 5.00. The molecule has 1 aliphatic carbocycles. The molecule has 0 spiro atoms. The predicted molar refractivity (Wildman–Crippen MR) is 63.2 cm³/mol. The first kappa shape index (κ1) is 10.5. The Bertz CT molecular complexity index is 335. The molecule has 0 aliphatic heterocycles. The van der Waals surface area contributed by atoms with E-state index in [0.717, 1.165) is 17.4 Å². The van der Waals surface area contributed by atoms with Gasteiger partial charge in [-0.15, -0.1) is 0 Å². The molecule has 1 aromatic rings. The summed E-state index contributed by atoms with van der Waals surface area (Å²) in [5.74, 6) is 2.04. The lowest BCUT2D eigenvalue weighted by atomic mass is 9.79. The Kier molecular flexibility index (Phi) is 2.99. The van der Waals surface area contributed by atoms with Gasteiger partial charge in [0.2, 0.25) is 0 Å². The fourth-order valence-electron chi connectivity index (χ4n) is 2.53. The van der Waals surface area contributed by atoms with Gasteiger partial charge in [-0.3, -0.25) is 0 Å². The van der Waals surface area contributed by atoms with Crippen molar-refractivity contribution in [1.29, 1.82) is 0 Å². The van der Waals surface area contributed by atoms with E-state index in [1.807, 2.05) is 13.0 Å². The Morgan fingerprint density at radius 2 is 1.80 bits per heavy atom. The van der Waals surface area contributed by atoms with Crippen LogP contribution in [0.4, 0.5) is 0 Å². The molecule has 0 saturated heterocycles. The van der Waals surface area contributed by atoms with Gasteiger partial charge in [-0.25, -0.2) is 0 Å². The fourth-order valence-corrected chi connectivity index (χ4v) is 2.53. The zero-order valence-electron chi connectivity index (χ0n) is 9.66. The summed E-state index contributed by atoms with van der Waals surface area (Å²) >= 11 is 0. The van der Waals surface area contributed by atoms with E-state index in [1.165, 1.54) is 31.2 Å². The molecule has 0 heterocycles. The molecular weight excluding hydrogens is 184 g/mol. The van der Waals surface area contributed by atoms with Crippen molar-refractivity contribution >= 4 is 0 Å². The Balaban J connectivity index is 2.12. The van der Waals surface area contributed by atoms with E-state index in [9.17, 15) is 5.11 Å². The zero-order chi connectivity index (χ0) is 10.8. The van der Waals surface area contributed by atoms with E-state index in [-0.39, 0.29) is 0 Å². The van der Waals surface area contributed by atoms with Crippen molar-refractivity contribution in [2.75, 3.05) is 0 Å². The molecule has 15 heavy (non-hydrogen) atoms. The van der Waals surface area contributed by atoms with E-state index in [2.05, 4.69) is 19.1 Å². The molecule has 0 unspecified atom stereocenters. The first-order chi connectivity index (χ1) is 7.16. The van der Waals surface area contributed by atoms with Crippen molar-refractivity contribution in [2.24, 2.45) is 5.92 Å². The summed E-state index contributed by atoms with van der Waals surface area (Å²) in [6.45, 7) is 4.32. The number of rotatable bonds is 1. The van der Waals surface area contributed by atoms with Crippen LogP contribution >= 0.6 is 0 Å². The van der Waals surface area contributed by atoms with Crippen LogP contribution in [0.2, 0.25) is 0 Å². The molecule has 0 amide bonds. The number of hydrogen-bond acceptors (Lipinski definition) is 1. The molecule has 0 bridgehead atoms. The highest BCUT2D eigenvalue weighted by atomic mass is 16.3. The zero-order valence-corrected chi connectivity index (χ0v) is 9.66. The van der Waals surface area contributed by atoms with Crippen LogP contribution in [-0.4, -0.2) is 5.11 Å². The van der Waals surface area contributed by atoms with Crippen molar-refractivity contribution < 1.29 is 5.11 Å². The maximum absolute atomic E-state index is 9.48. The second-order valence-corrected chi connectivity index (χ2v) is 5.00. The van der Waals surface area contributed by atoms with Crippen LogP contribution < -0.4 is 0 Å². The van der Waals surface area contributed by atoms with Gasteiger partial charge in [0.15, 0.2) is 0 Å².